The number of thiophene rings is 1. The second-order valence-electron chi connectivity index (χ2n) is 5.68. The van der Waals surface area contributed by atoms with Gasteiger partial charge in [0.05, 0.1) is 17.1 Å². The number of carboxylic acid groups (broad SMARTS) is 1. The number of amides is 1. The van der Waals surface area contributed by atoms with Crippen molar-refractivity contribution in [1.82, 2.24) is 0 Å². The van der Waals surface area contributed by atoms with Gasteiger partial charge in [-0.1, -0.05) is 12.1 Å². The summed E-state index contributed by atoms with van der Waals surface area (Å²) in [5, 5.41) is 14.1. The molecule has 1 aromatic heterocycles. The lowest BCUT2D eigenvalue weighted by molar-refractivity contribution is 0.0699. The molecule has 5 nitrogen and oxygen atoms in total. The van der Waals surface area contributed by atoms with Crippen LogP contribution in [0.25, 0.3) is 11.1 Å². The molecule has 29 heavy (non-hydrogen) atoms. The number of carboxylic acids is 1. The van der Waals surface area contributed by atoms with Gasteiger partial charge < -0.3 is 15.2 Å². The van der Waals surface area contributed by atoms with E-state index in [1.54, 1.807) is 11.4 Å². The molecule has 0 aliphatic carbocycles. The molecular formula is C19H11Br3FNO4S. The molecule has 1 amide bonds. The number of ether oxygens (including phenoxy) is 1. The van der Waals surface area contributed by atoms with Crippen LogP contribution in [0.15, 0.2) is 49.1 Å². The van der Waals surface area contributed by atoms with Gasteiger partial charge in [0.25, 0.3) is 5.91 Å². The van der Waals surface area contributed by atoms with Crippen molar-refractivity contribution in [2.24, 2.45) is 0 Å². The second-order valence-corrected chi connectivity index (χ2v) is 9.00. The van der Waals surface area contributed by atoms with E-state index in [1.807, 2.05) is 0 Å². The van der Waals surface area contributed by atoms with Crippen molar-refractivity contribution in [3.8, 4) is 16.9 Å². The van der Waals surface area contributed by atoms with E-state index in [2.05, 4.69) is 53.1 Å². The zero-order valence-corrected chi connectivity index (χ0v) is 20.1. The Balaban J connectivity index is 2.01. The monoisotopic (exact) mass is 605 g/mol. The van der Waals surface area contributed by atoms with Gasteiger partial charge in [-0.15, -0.1) is 11.3 Å². The van der Waals surface area contributed by atoms with Crippen molar-refractivity contribution in [3.63, 3.8) is 0 Å². The number of benzene rings is 2. The summed E-state index contributed by atoms with van der Waals surface area (Å²) in [5.41, 5.74) is 1.14. The van der Waals surface area contributed by atoms with E-state index >= 15 is 0 Å². The highest BCUT2D eigenvalue weighted by Gasteiger charge is 2.25. The van der Waals surface area contributed by atoms with Gasteiger partial charge in [0.1, 0.15) is 22.1 Å². The molecule has 3 rings (SSSR count). The van der Waals surface area contributed by atoms with E-state index in [1.165, 1.54) is 31.4 Å². The predicted molar refractivity (Wildman–Crippen MR) is 121 cm³/mol. The molecule has 0 saturated heterocycles. The first-order valence-corrected chi connectivity index (χ1v) is 11.1. The van der Waals surface area contributed by atoms with Crippen LogP contribution in [0, 0.1) is 5.82 Å². The molecule has 1 heterocycles. The molecule has 0 saturated carbocycles. The van der Waals surface area contributed by atoms with Gasteiger partial charge in [0.2, 0.25) is 0 Å². The maximum atomic E-state index is 13.2. The first-order chi connectivity index (χ1) is 13.7. The summed E-state index contributed by atoms with van der Waals surface area (Å²) < 4.78 is 19.9. The van der Waals surface area contributed by atoms with E-state index in [-0.39, 0.29) is 16.1 Å². The Bertz CT molecular complexity index is 1120. The molecule has 0 aliphatic heterocycles. The summed E-state index contributed by atoms with van der Waals surface area (Å²) in [7, 11) is 1.50. The number of carbonyl (C=O) groups excluding carboxylic acids is 1. The first-order valence-electron chi connectivity index (χ1n) is 7.88. The zero-order chi connectivity index (χ0) is 21.3. The Morgan fingerprint density at radius 3 is 2.34 bits per heavy atom. The molecule has 2 aromatic carbocycles. The number of halogens is 4. The van der Waals surface area contributed by atoms with E-state index in [0.29, 0.717) is 30.3 Å². The molecule has 2 N–H and O–H groups in total. The van der Waals surface area contributed by atoms with Gasteiger partial charge in [-0.25, -0.2) is 9.18 Å². The van der Waals surface area contributed by atoms with Crippen molar-refractivity contribution in [3.05, 3.63) is 66.1 Å². The highest BCUT2D eigenvalue weighted by atomic mass is 79.9. The molecular weight excluding hydrogens is 597 g/mol. The van der Waals surface area contributed by atoms with Crippen LogP contribution >= 0.6 is 59.1 Å². The molecule has 0 unspecified atom stereocenters. The van der Waals surface area contributed by atoms with E-state index < -0.39 is 17.7 Å². The molecule has 0 radical (unpaired) electrons. The maximum absolute atomic E-state index is 13.2. The number of hydrogen-bond acceptors (Lipinski definition) is 4. The van der Waals surface area contributed by atoms with Crippen molar-refractivity contribution < 1.29 is 23.8 Å². The third kappa shape index (κ3) is 4.40. The van der Waals surface area contributed by atoms with Crippen LogP contribution < -0.4 is 10.1 Å². The quantitative estimate of drug-likeness (QED) is 0.313. The minimum absolute atomic E-state index is 0.0604. The first kappa shape index (κ1) is 21.9. The molecule has 3 aromatic rings. The predicted octanol–water partition coefficient (Wildman–Crippen LogP) is 6.80. The lowest BCUT2D eigenvalue weighted by atomic mass is 10.0. The van der Waals surface area contributed by atoms with Crippen LogP contribution in [0.3, 0.4) is 0 Å². The molecule has 0 fully saturated rings. The summed E-state index contributed by atoms with van der Waals surface area (Å²) in [4.78, 5) is 24.8. The molecule has 0 aliphatic rings. The Hall–Kier alpha value is -1.75. The summed E-state index contributed by atoms with van der Waals surface area (Å²) in [5.74, 6) is -1.62. The van der Waals surface area contributed by atoms with E-state index in [4.69, 9.17) is 4.74 Å². The minimum atomic E-state index is -1.20. The average molecular weight is 608 g/mol. The molecule has 150 valence electrons. The third-order valence-corrected chi connectivity index (χ3v) is 7.59. The molecule has 0 atom stereocenters. The normalized spacial score (nSPS) is 10.7. The fourth-order valence-corrected chi connectivity index (χ4v) is 5.47. The number of rotatable bonds is 5. The highest BCUT2D eigenvalue weighted by molar-refractivity contribution is 9.13. The van der Waals surface area contributed by atoms with Crippen LogP contribution in [-0.2, 0) is 0 Å². The van der Waals surface area contributed by atoms with Crippen LogP contribution in [0.1, 0.15) is 20.7 Å². The van der Waals surface area contributed by atoms with Crippen molar-refractivity contribution in [2.75, 3.05) is 12.4 Å². The van der Waals surface area contributed by atoms with E-state index in [9.17, 15) is 19.1 Å². The number of hydrogen-bond donors (Lipinski definition) is 2. The number of aromatic carboxylic acids is 1. The lowest BCUT2D eigenvalue weighted by Crippen LogP contribution is -2.15. The summed E-state index contributed by atoms with van der Waals surface area (Å²) in [6.45, 7) is 0. The SMILES string of the molecule is COc1cc(Br)c(C(=O)Nc2scc(-c3ccc(F)cc3)c2C(=O)O)c(Br)c1Br. The number of methoxy groups -OCH3 is 1. The standard InChI is InChI=1S/C19H11Br3FNO4S/c1-28-12-6-11(20)14(16(22)15(12)21)17(25)24-18-13(19(26)27)10(7-29-18)8-2-4-9(23)5-3-8/h2-7H,1H3,(H,24,25)(H,26,27). The van der Waals surface area contributed by atoms with E-state index in [0.717, 1.165) is 11.3 Å². The highest BCUT2D eigenvalue weighted by Crippen LogP contribution is 2.41. The van der Waals surface area contributed by atoms with Gasteiger partial charge in [-0.3, -0.25) is 4.79 Å². The van der Waals surface area contributed by atoms with Crippen LogP contribution in [0.2, 0.25) is 0 Å². The van der Waals surface area contributed by atoms with Crippen molar-refractivity contribution in [2.45, 2.75) is 0 Å². The Morgan fingerprint density at radius 1 is 1.10 bits per heavy atom. The zero-order valence-electron chi connectivity index (χ0n) is 14.6. The fraction of sp³-hybridized carbons (Fsp3) is 0.0526. The Morgan fingerprint density at radius 2 is 1.76 bits per heavy atom. The van der Waals surface area contributed by atoms with Gasteiger partial charge in [0, 0.05) is 19.9 Å². The lowest BCUT2D eigenvalue weighted by Gasteiger charge is -2.13. The molecule has 10 heteroatoms. The number of carbonyl (C=O) groups is 2. The van der Waals surface area contributed by atoms with Crippen LogP contribution in [-0.4, -0.2) is 24.1 Å². The topological polar surface area (TPSA) is 75.6 Å². The van der Waals surface area contributed by atoms with Gasteiger partial charge in [-0.2, -0.15) is 0 Å². The van der Waals surface area contributed by atoms with Crippen LogP contribution in [0.5, 0.6) is 5.75 Å². The number of nitrogens with one attached hydrogen (secondary N) is 1. The summed E-state index contributed by atoms with van der Waals surface area (Å²) in [6, 6.07) is 7.10. The number of anilines is 1. The smallest absolute Gasteiger partial charge is 0.339 e. The summed E-state index contributed by atoms with van der Waals surface area (Å²) >= 11 is 11.1. The molecule has 0 bridgehead atoms. The average Bonchev–Trinajstić information content (AvgIpc) is 3.09. The van der Waals surface area contributed by atoms with Crippen molar-refractivity contribution >= 4 is 76.0 Å². The largest absolute Gasteiger partial charge is 0.495 e. The Kier molecular flexibility index (Phi) is 6.77. The van der Waals surface area contributed by atoms with Crippen molar-refractivity contribution in [1.29, 1.82) is 0 Å². The van der Waals surface area contributed by atoms with Gasteiger partial charge in [-0.05, 0) is 71.6 Å². The minimum Gasteiger partial charge on any atom is -0.495 e. The van der Waals surface area contributed by atoms with Gasteiger partial charge in [0.15, 0.2) is 0 Å². The maximum Gasteiger partial charge on any atom is 0.339 e. The van der Waals surface area contributed by atoms with Crippen LogP contribution in [0.4, 0.5) is 9.39 Å². The third-order valence-electron chi connectivity index (χ3n) is 3.96. The Labute approximate surface area is 194 Å². The fourth-order valence-electron chi connectivity index (χ4n) is 2.60. The molecule has 0 spiro atoms. The second kappa shape index (κ2) is 8.95. The van der Waals surface area contributed by atoms with Gasteiger partial charge >= 0.3 is 5.97 Å². The summed E-state index contributed by atoms with van der Waals surface area (Å²) in [6.07, 6.45) is 0.